The van der Waals surface area contributed by atoms with Gasteiger partial charge in [-0.05, 0) is 81.5 Å². The van der Waals surface area contributed by atoms with E-state index >= 15 is 0 Å². The van der Waals surface area contributed by atoms with Gasteiger partial charge in [-0.2, -0.15) is 0 Å². The number of aromatic amines is 1. The molecule has 1 aromatic heterocycles. The van der Waals surface area contributed by atoms with Crippen molar-refractivity contribution < 1.29 is 4.74 Å². The van der Waals surface area contributed by atoms with Crippen molar-refractivity contribution in [2.45, 2.75) is 59.2 Å². The van der Waals surface area contributed by atoms with Gasteiger partial charge in [0, 0.05) is 29.2 Å². The summed E-state index contributed by atoms with van der Waals surface area (Å²) in [7, 11) is 0. The van der Waals surface area contributed by atoms with E-state index in [0.717, 1.165) is 59.2 Å². The molecule has 0 bridgehead atoms. The number of benzene rings is 2. The van der Waals surface area contributed by atoms with E-state index in [1.807, 2.05) is 46.0 Å². The third kappa shape index (κ3) is 5.00. The van der Waals surface area contributed by atoms with Crippen LogP contribution in [-0.2, 0) is 13.0 Å². The highest BCUT2D eigenvalue weighted by Crippen LogP contribution is 2.36. The first-order valence-corrected chi connectivity index (χ1v) is 11.3. The number of imidazole rings is 1. The molecule has 1 aliphatic rings. The van der Waals surface area contributed by atoms with Gasteiger partial charge in [0.1, 0.15) is 11.6 Å². The van der Waals surface area contributed by atoms with Crippen LogP contribution >= 0.6 is 0 Å². The minimum Gasteiger partial charge on any atom is -0.491 e. The standard InChI is InChI=1S/C27H32N4O/c1-17(2)32-22-11-9-21(10-12-22)19(4)31-20(5)23-7-6-8-25-24(23)13-14-26(25)28-16-27-29-15-18(3)30-27/h6-12,15,17,26,28H,5,13-14,16H2,1-4H3,(H,29,30). The van der Waals surface area contributed by atoms with Crippen LogP contribution in [-0.4, -0.2) is 21.8 Å². The molecule has 0 saturated heterocycles. The number of fused-ring (bicyclic) bond motifs is 1. The van der Waals surface area contributed by atoms with E-state index in [1.165, 1.54) is 11.1 Å². The Labute approximate surface area is 190 Å². The van der Waals surface area contributed by atoms with Crippen LogP contribution in [0.4, 0.5) is 0 Å². The van der Waals surface area contributed by atoms with Crippen molar-refractivity contribution in [3.05, 3.63) is 89.0 Å². The molecule has 166 valence electrons. The zero-order valence-corrected chi connectivity index (χ0v) is 19.4. The minimum absolute atomic E-state index is 0.164. The SMILES string of the molecule is C=C(N=C(C)c1ccc(OC(C)C)cc1)c1cccc2c1CCC2NCc1ncc(C)[nH]1. The Kier molecular flexibility index (Phi) is 6.56. The number of nitrogens with zero attached hydrogens (tertiary/aromatic N) is 2. The Morgan fingerprint density at radius 3 is 2.72 bits per heavy atom. The van der Waals surface area contributed by atoms with E-state index < -0.39 is 0 Å². The first kappa shape index (κ1) is 22.0. The lowest BCUT2D eigenvalue weighted by Gasteiger charge is -2.14. The highest BCUT2D eigenvalue weighted by Gasteiger charge is 2.25. The summed E-state index contributed by atoms with van der Waals surface area (Å²) in [6.45, 7) is 13.1. The lowest BCUT2D eigenvalue weighted by molar-refractivity contribution is 0.242. The van der Waals surface area contributed by atoms with Crippen LogP contribution in [0.25, 0.3) is 5.70 Å². The van der Waals surface area contributed by atoms with Crippen LogP contribution in [0, 0.1) is 6.92 Å². The molecule has 3 aromatic rings. The summed E-state index contributed by atoms with van der Waals surface area (Å²) in [6, 6.07) is 14.9. The second-order valence-corrected chi connectivity index (χ2v) is 8.69. The number of aromatic nitrogens is 2. The van der Waals surface area contributed by atoms with Crippen LogP contribution in [0.15, 0.2) is 60.2 Å². The van der Waals surface area contributed by atoms with E-state index in [2.05, 4.69) is 52.2 Å². The summed E-state index contributed by atoms with van der Waals surface area (Å²) in [5, 5.41) is 3.65. The smallest absolute Gasteiger partial charge is 0.120 e. The van der Waals surface area contributed by atoms with Crippen LogP contribution < -0.4 is 10.1 Å². The molecule has 1 heterocycles. The molecule has 0 spiro atoms. The first-order valence-electron chi connectivity index (χ1n) is 11.3. The zero-order valence-electron chi connectivity index (χ0n) is 19.4. The lowest BCUT2D eigenvalue weighted by atomic mass is 10.00. The number of rotatable bonds is 8. The fourth-order valence-corrected chi connectivity index (χ4v) is 4.29. The number of aliphatic imine (C=N–C) groups is 1. The van der Waals surface area contributed by atoms with Crippen LogP contribution in [0.3, 0.4) is 0 Å². The molecule has 1 atom stereocenters. The molecule has 1 aliphatic carbocycles. The molecule has 5 heteroatoms. The van der Waals surface area contributed by atoms with Gasteiger partial charge in [0.15, 0.2) is 0 Å². The van der Waals surface area contributed by atoms with Gasteiger partial charge in [0.05, 0.1) is 18.3 Å². The molecule has 1 unspecified atom stereocenters. The second-order valence-electron chi connectivity index (χ2n) is 8.69. The maximum absolute atomic E-state index is 5.74. The summed E-state index contributed by atoms with van der Waals surface area (Å²) in [6.07, 6.45) is 4.12. The quantitative estimate of drug-likeness (QED) is 0.448. The summed E-state index contributed by atoms with van der Waals surface area (Å²) in [5.41, 5.74) is 7.75. The summed E-state index contributed by atoms with van der Waals surface area (Å²) in [5.74, 6) is 1.85. The van der Waals surface area contributed by atoms with Crippen molar-refractivity contribution in [1.82, 2.24) is 15.3 Å². The van der Waals surface area contributed by atoms with E-state index in [0.29, 0.717) is 6.04 Å². The third-order valence-electron chi connectivity index (χ3n) is 5.80. The Hall–Kier alpha value is -3.18. The molecule has 0 saturated carbocycles. The number of ether oxygens (including phenoxy) is 1. The molecule has 2 aromatic carbocycles. The van der Waals surface area contributed by atoms with Gasteiger partial charge in [-0.15, -0.1) is 0 Å². The highest BCUT2D eigenvalue weighted by molar-refractivity contribution is 6.01. The summed E-state index contributed by atoms with van der Waals surface area (Å²) >= 11 is 0. The van der Waals surface area contributed by atoms with Crippen molar-refractivity contribution in [2.75, 3.05) is 0 Å². The fourth-order valence-electron chi connectivity index (χ4n) is 4.29. The Bertz CT molecular complexity index is 1120. The monoisotopic (exact) mass is 428 g/mol. The third-order valence-corrected chi connectivity index (χ3v) is 5.80. The predicted molar refractivity (Wildman–Crippen MR) is 131 cm³/mol. The van der Waals surface area contributed by atoms with Gasteiger partial charge in [-0.25, -0.2) is 4.98 Å². The maximum Gasteiger partial charge on any atom is 0.120 e. The molecule has 4 rings (SSSR count). The largest absolute Gasteiger partial charge is 0.491 e. The normalized spacial score (nSPS) is 15.8. The predicted octanol–water partition coefficient (Wildman–Crippen LogP) is 5.76. The number of H-pyrrole nitrogens is 1. The molecule has 32 heavy (non-hydrogen) atoms. The Balaban J connectivity index is 1.48. The maximum atomic E-state index is 5.74. The average Bonchev–Trinajstić information content (AvgIpc) is 3.37. The van der Waals surface area contributed by atoms with E-state index in [9.17, 15) is 0 Å². The van der Waals surface area contributed by atoms with Crippen molar-refractivity contribution in [1.29, 1.82) is 0 Å². The van der Waals surface area contributed by atoms with Crippen molar-refractivity contribution >= 4 is 11.4 Å². The molecule has 0 amide bonds. The molecule has 0 aliphatic heterocycles. The average molecular weight is 429 g/mol. The van der Waals surface area contributed by atoms with E-state index in [4.69, 9.17) is 9.73 Å². The molecule has 0 radical (unpaired) electrons. The fraction of sp³-hybridized carbons (Fsp3) is 0.333. The summed E-state index contributed by atoms with van der Waals surface area (Å²) < 4.78 is 5.74. The van der Waals surface area contributed by atoms with Gasteiger partial charge in [-0.1, -0.05) is 24.8 Å². The van der Waals surface area contributed by atoms with Crippen LogP contribution in [0.5, 0.6) is 5.75 Å². The van der Waals surface area contributed by atoms with E-state index in [-0.39, 0.29) is 6.10 Å². The summed E-state index contributed by atoms with van der Waals surface area (Å²) in [4.78, 5) is 12.5. The topological polar surface area (TPSA) is 62.3 Å². The number of nitrogens with one attached hydrogen (secondary N) is 2. The van der Waals surface area contributed by atoms with Gasteiger partial charge in [0.2, 0.25) is 0 Å². The van der Waals surface area contributed by atoms with Crippen molar-refractivity contribution in [2.24, 2.45) is 4.99 Å². The van der Waals surface area contributed by atoms with Crippen molar-refractivity contribution in [3.8, 4) is 5.75 Å². The highest BCUT2D eigenvalue weighted by atomic mass is 16.5. The van der Waals surface area contributed by atoms with Crippen LogP contribution in [0.2, 0.25) is 0 Å². The Morgan fingerprint density at radius 2 is 2.03 bits per heavy atom. The molecule has 5 nitrogen and oxygen atoms in total. The van der Waals surface area contributed by atoms with Gasteiger partial charge in [0.25, 0.3) is 0 Å². The first-order chi connectivity index (χ1) is 15.4. The zero-order chi connectivity index (χ0) is 22.7. The second kappa shape index (κ2) is 9.53. The van der Waals surface area contributed by atoms with Crippen molar-refractivity contribution in [3.63, 3.8) is 0 Å². The number of hydrogen-bond donors (Lipinski definition) is 2. The van der Waals surface area contributed by atoms with E-state index in [1.54, 1.807) is 0 Å². The minimum atomic E-state index is 0.164. The number of hydrogen-bond acceptors (Lipinski definition) is 4. The molecular formula is C27H32N4O. The molecule has 2 N–H and O–H groups in total. The van der Waals surface area contributed by atoms with Gasteiger partial charge < -0.3 is 15.0 Å². The Morgan fingerprint density at radius 1 is 1.25 bits per heavy atom. The number of aryl methyl sites for hydroxylation is 1. The lowest BCUT2D eigenvalue weighted by Crippen LogP contribution is -2.19. The van der Waals surface area contributed by atoms with Gasteiger partial charge in [-0.3, -0.25) is 4.99 Å². The molecular weight excluding hydrogens is 396 g/mol. The van der Waals surface area contributed by atoms with Crippen LogP contribution in [0.1, 0.15) is 67.0 Å². The van der Waals surface area contributed by atoms with Gasteiger partial charge >= 0.3 is 0 Å². The molecule has 0 fully saturated rings.